The molecule has 0 aromatic carbocycles. The highest BCUT2D eigenvalue weighted by atomic mass is 16.7. The fraction of sp³-hybridized carbons (Fsp3) is 1.00. The van der Waals surface area contributed by atoms with Crippen LogP contribution in [0, 0.1) is 0 Å². The van der Waals surface area contributed by atoms with Crippen LogP contribution in [-0.4, -0.2) is 26.0 Å². The molecule has 0 bridgehead atoms. The van der Waals surface area contributed by atoms with Crippen molar-refractivity contribution < 1.29 is 9.47 Å². The van der Waals surface area contributed by atoms with E-state index in [0.29, 0.717) is 0 Å². The van der Waals surface area contributed by atoms with Crippen molar-refractivity contribution in [2.45, 2.75) is 71.5 Å². The molecule has 0 amide bonds. The van der Waals surface area contributed by atoms with Crippen molar-refractivity contribution in [1.29, 1.82) is 0 Å². The average Bonchev–Trinajstić information content (AvgIpc) is 2.34. The maximum Gasteiger partial charge on any atom is 0.157 e. The van der Waals surface area contributed by atoms with Crippen LogP contribution < -0.4 is 5.73 Å². The van der Waals surface area contributed by atoms with Gasteiger partial charge in [-0.3, -0.25) is 0 Å². The van der Waals surface area contributed by atoms with Crippen molar-refractivity contribution in [3.05, 3.63) is 0 Å². The molecule has 0 aliphatic carbocycles. The van der Waals surface area contributed by atoms with Gasteiger partial charge in [-0.25, -0.2) is 0 Å². The average molecular weight is 245 g/mol. The number of hydrogen-bond donors (Lipinski definition) is 1. The number of nitrogens with two attached hydrogens (primary N) is 1. The van der Waals surface area contributed by atoms with E-state index in [1.54, 1.807) is 0 Å². The molecular formula is C14H31NO2. The fourth-order valence-electron chi connectivity index (χ4n) is 1.57. The van der Waals surface area contributed by atoms with E-state index >= 15 is 0 Å². The van der Waals surface area contributed by atoms with Gasteiger partial charge in [0, 0.05) is 13.2 Å². The molecule has 0 aromatic rings. The second kappa shape index (κ2) is 13.9. The van der Waals surface area contributed by atoms with E-state index in [-0.39, 0.29) is 6.29 Å². The highest BCUT2D eigenvalue weighted by Crippen LogP contribution is 2.10. The minimum absolute atomic E-state index is 0.00544. The van der Waals surface area contributed by atoms with Crippen LogP contribution in [0.3, 0.4) is 0 Å². The molecule has 2 N–H and O–H groups in total. The fourth-order valence-corrected chi connectivity index (χ4v) is 1.57. The Labute approximate surface area is 107 Å². The molecule has 0 heterocycles. The van der Waals surface area contributed by atoms with Crippen LogP contribution in [-0.2, 0) is 9.47 Å². The highest BCUT2D eigenvalue weighted by molar-refractivity contribution is 4.50. The Bertz CT molecular complexity index is 132. The first-order chi connectivity index (χ1) is 8.35. The molecule has 0 fully saturated rings. The van der Waals surface area contributed by atoms with Crippen molar-refractivity contribution in [2.24, 2.45) is 5.73 Å². The van der Waals surface area contributed by atoms with Gasteiger partial charge in [-0.2, -0.15) is 0 Å². The summed E-state index contributed by atoms with van der Waals surface area (Å²) in [5, 5.41) is 0. The molecule has 0 aliphatic heterocycles. The van der Waals surface area contributed by atoms with E-state index in [1.165, 1.54) is 19.3 Å². The van der Waals surface area contributed by atoms with Gasteiger partial charge in [0.2, 0.25) is 0 Å². The minimum atomic E-state index is 0.00544. The summed E-state index contributed by atoms with van der Waals surface area (Å²) in [6, 6.07) is 0. The van der Waals surface area contributed by atoms with Gasteiger partial charge in [0.05, 0.1) is 0 Å². The lowest BCUT2D eigenvalue weighted by molar-refractivity contribution is -0.147. The van der Waals surface area contributed by atoms with Crippen LogP contribution in [0.1, 0.15) is 65.2 Å². The van der Waals surface area contributed by atoms with Gasteiger partial charge in [-0.15, -0.1) is 0 Å². The molecule has 0 aromatic heterocycles. The summed E-state index contributed by atoms with van der Waals surface area (Å²) in [5.74, 6) is 0. The summed E-state index contributed by atoms with van der Waals surface area (Å²) >= 11 is 0. The summed E-state index contributed by atoms with van der Waals surface area (Å²) in [7, 11) is 0. The second-order valence-corrected chi connectivity index (χ2v) is 4.52. The summed E-state index contributed by atoms with van der Waals surface area (Å²) < 4.78 is 11.5. The zero-order chi connectivity index (χ0) is 12.8. The lowest BCUT2D eigenvalue weighted by Gasteiger charge is -2.18. The SMILES string of the molecule is CCCCOC(CCCCCN)OCCCC. The molecule has 3 nitrogen and oxygen atoms in total. The summed E-state index contributed by atoms with van der Waals surface area (Å²) in [5.41, 5.74) is 5.48. The van der Waals surface area contributed by atoms with Gasteiger partial charge >= 0.3 is 0 Å². The quantitative estimate of drug-likeness (QED) is 0.399. The van der Waals surface area contributed by atoms with E-state index in [9.17, 15) is 0 Å². The first-order valence-corrected chi connectivity index (χ1v) is 7.28. The van der Waals surface area contributed by atoms with E-state index < -0.39 is 0 Å². The van der Waals surface area contributed by atoms with Gasteiger partial charge in [0.1, 0.15) is 0 Å². The predicted octanol–water partition coefficient (Wildman–Crippen LogP) is 3.47. The first-order valence-electron chi connectivity index (χ1n) is 7.28. The minimum Gasteiger partial charge on any atom is -0.353 e. The number of rotatable bonds is 13. The Balaban J connectivity index is 3.60. The highest BCUT2D eigenvalue weighted by Gasteiger charge is 2.08. The second-order valence-electron chi connectivity index (χ2n) is 4.52. The van der Waals surface area contributed by atoms with E-state index in [1.807, 2.05) is 0 Å². The van der Waals surface area contributed by atoms with Gasteiger partial charge in [-0.05, 0) is 38.6 Å². The Morgan fingerprint density at radius 2 is 1.41 bits per heavy atom. The predicted molar refractivity (Wildman–Crippen MR) is 73.0 cm³/mol. The standard InChI is InChI=1S/C14H31NO2/c1-3-5-12-16-14(17-13-6-4-2)10-8-7-9-11-15/h14H,3-13,15H2,1-2H3. The number of hydrogen-bond acceptors (Lipinski definition) is 3. The third kappa shape index (κ3) is 12.1. The smallest absolute Gasteiger partial charge is 0.157 e. The third-order valence-corrected chi connectivity index (χ3v) is 2.75. The summed E-state index contributed by atoms with van der Waals surface area (Å²) in [6.45, 7) is 6.79. The molecule has 0 saturated carbocycles. The summed E-state index contributed by atoms with van der Waals surface area (Å²) in [6.07, 6.45) is 9.05. The van der Waals surface area contributed by atoms with E-state index in [4.69, 9.17) is 15.2 Å². The molecule has 0 saturated heterocycles. The Hall–Kier alpha value is -0.120. The largest absolute Gasteiger partial charge is 0.353 e. The molecular weight excluding hydrogens is 214 g/mol. The van der Waals surface area contributed by atoms with Gasteiger partial charge in [0.25, 0.3) is 0 Å². The zero-order valence-corrected chi connectivity index (χ0v) is 11.7. The molecule has 0 radical (unpaired) electrons. The van der Waals surface area contributed by atoms with Crippen LogP contribution >= 0.6 is 0 Å². The zero-order valence-electron chi connectivity index (χ0n) is 11.7. The van der Waals surface area contributed by atoms with Crippen LogP contribution in [0.5, 0.6) is 0 Å². The van der Waals surface area contributed by atoms with Crippen LogP contribution in [0.15, 0.2) is 0 Å². The third-order valence-electron chi connectivity index (χ3n) is 2.75. The van der Waals surface area contributed by atoms with Crippen molar-refractivity contribution in [1.82, 2.24) is 0 Å². The van der Waals surface area contributed by atoms with Crippen molar-refractivity contribution in [3.8, 4) is 0 Å². The van der Waals surface area contributed by atoms with Crippen molar-refractivity contribution in [3.63, 3.8) is 0 Å². The van der Waals surface area contributed by atoms with Gasteiger partial charge in [0.15, 0.2) is 6.29 Å². The van der Waals surface area contributed by atoms with Crippen molar-refractivity contribution in [2.75, 3.05) is 19.8 Å². The molecule has 3 heteroatoms. The normalized spacial score (nSPS) is 11.3. The number of unbranched alkanes of at least 4 members (excludes halogenated alkanes) is 4. The molecule has 104 valence electrons. The molecule has 0 unspecified atom stereocenters. The molecule has 17 heavy (non-hydrogen) atoms. The van der Waals surface area contributed by atoms with Crippen molar-refractivity contribution >= 4 is 0 Å². The lowest BCUT2D eigenvalue weighted by atomic mass is 10.2. The monoisotopic (exact) mass is 245 g/mol. The lowest BCUT2D eigenvalue weighted by Crippen LogP contribution is -2.19. The maximum absolute atomic E-state index is 5.76. The van der Waals surface area contributed by atoms with Crippen LogP contribution in [0.4, 0.5) is 0 Å². The molecule has 0 spiro atoms. The Morgan fingerprint density at radius 1 is 0.824 bits per heavy atom. The molecule has 0 aliphatic rings. The van der Waals surface area contributed by atoms with Crippen LogP contribution in [0.25, 0.3) is 0 Å². The molecule has 0 atom stereocenters. The van der Waals surface area contributed by atoms with Gasteiger partial charge in [-0.1, -0.05) is 33.1 Å². The molecule has 0 rings (SSSR count). The maximum atomic E-state index is 5.76. The summed E-state index contributed by atoms with van der Waals surface area (Å²) in [4.78, 5) is 0. The van der Waals surface area contributed by atoms with Crippen LogP contribution in [0.2, 0.25) is 0 Å². The van der Waals surface area contributed by atoms with E-state index in [2.05, 4.69) is 13.8 Å². The Morgan fingerprint density at radius 3 is 1.88 bits per heavy atom. The topological polar surface area (TPSA) is 44.5 Å². The van der Waals surface area contributed by atoms with Gasteiger partial charge < -0.3 is 15.2 Å². The number of ether oxygens (including phenoxy) is 2. The first kappa shape index (κ1) is 16.9. The Kier molecular flexibility index (Phi) is 13.8. The van der Waals surface area contributed by atoms with E-state index in [0.717, 1.165) is 51.9 Å².